The van der Waals surface area contributed by atoms with E-state index in [1.54, 1.807) is 9.80 Å². The van der Waals surface area contributed by atoms with Gasteiger partial charge in [-0.15, -0.1) is 0 Å². The van der Waals surface area contributed by atoms with Crippen LogP contribution in [-0.4, -0.2) is 88.9 Å². The van der Waals surface area contributed by atoms with Gasteiger partial charge in [0.1, 0.15) is 28.3 Å². The fourth-order valence-electron chi connectivity index (χ4n) is 5.99. The van der Waals surface area contributed by atoms with E-state index in [4.69, 9.17) is 9.47 Å². The van der Waals surface area contributed by atoms with E-state index >= 15 is 0 Å². The second kappa shape index (κ2) is 13.8. The van der Waals surface area contributed by atoms with Gasteiger partial charge in [-0.2, -0.15) is 0 Å². The van der Waals surface area contributed by atoms with Crippen molar-refractivity contribution in [2.45, 2.75) is 76.5 Å². The maximum atomic E-state index is 12.2. The van der Waals surface area contributed by atoms with Crippen LogP contribution < -0.4 is 0 Å². The van der Waals surface area contributed by atoms with Crippen molar-refractivity contribution in [2.75, 3.05) is 40.5 Å². The molecule has 2 saturated heterocycles. The van der Waals surface area contributed by atoms with Crippen LogP contribution in [0.1, 0.15) is 86.5 Å². The number of thiol groups is 1. The molecule has 1 radical (unpaired) electrons. The van der Waals surface area contributed by atoms with E-state index in [2.05, 4.69) is 59.8 Å². The third kappa shape index (κ3) is 6.39. The van der Waals surface area contributed by atoms with Gasteiger partial charge in [0.05, 0.1) is 30.7 Å². The molecule has 0 spiro atoms. The van der Waals surface area contributed by atoms with Gasteiger partial charge in [-0.25, -0.2) is 9.97 Å². The van der Waals surface area contributed by atoms with E-state index in [1.807, 2.05) is 34.1 Å². The van der Waals surface area contributed by atoms with Crippen molar-refractivity contribution in [1.29, 1.82) is 0 Å². The Kier molecular flexibility index (Phi) is 10.6. The Labute approximate surface area is 250 Å². The molecule has 0 N–H and O–H groups in total. The summed E-state index contributed by atoms with van der Waals surface area (Å²) in [5, 5.41) is 0. The van der Waals surface area contributed by atoms with Gasteiger partial charge in [-0.1, -0.05) is 0 Å². The first-order valence-electron chi connectivity index (χ1n) is 13.7. The zero-order valence-corrected chi connectivity index (χ0v) is 26.1. The summed E-state index contributed by atoms with van der Waals surface area (Å²) in [4.78, 5) is 37.0. The van der Waals surface area contributed by atoms with Crippen molar-refractivity contribution in [1.82, 2.24) is 28.9 Å². The van der Waals surface area contributed by atoms with Gasteiger partial charge < -0.3 is 28.4 Å². The van der Waals surface area contributed by atoms with E-state index in [1.165, 1.54) is 0 Å². The average molecular weight is 635 g/mol. The number of nitrogens with zero attached hydrogens (tertiary/aromatic N) is 7. The molecule has 217 valence electrons. The van der Waals surface area contributed by atoms with Gasteiger partial charge in [0.25, 0.3) is 0 Å². The number of likely N-dealkylation sites (N-methyl/N-ethyl adjacent to an activating group) is 2. The predicted molar refractivity (Wildman–Crippen MR) is 157 cm³/mol. The SMILES string of the molecule is CC1C(=O)N(C)Cc2c(Br)nc(C3CCOCC3)n21.CC1C(=O)N(C)Cc2cnc(C3CCOCC3)n21.[B]=NS. The predicted octanol–water partition coefficient (Wildman–Crippen LogP) is 3.57. The van der Waals surface area contributed by atoms with Gasteiger partial charge in [0.2, 0.25) is 11.8 Å². The summed E-state index contributed by atoms with van der Waals surface area (Å²) in [5.41, 5.74) is 2.25. The summed E-state index contributed by atoms with van der Waals surface area (Å²) in [5.74, 6) is 3.28. The molecule has 4 aliphatic rings. The zero-order valence-electron chi connectivity index (χ0n) is 23.6. The maximum absolute atomic E-state index is 12.2. The fourth-order valence-corrected chi connectivity index (χ4v) is 6.49. The van der Waals surface area contributed by atoms with Crippen LogP contribution in [0.3, 0.4) is 0 Å². The van der Waals surface area contributed by atoms with Crippen molar-refractivity contribution in [2.24, 2.45) is 4.30 Å². The Hall–Kier alpha value is -2.03. The molecule has 0 aliphatic carbocycles. The fraction of sp³-hybridized carbons (Fsp3) is 0.692. The number of hydrogen-bond acceptors (Lipinski definition) is 8. The van der Waals surface area contributed by atoms with Crippen LogP contribution in [0.15, 0.2) is 15.1 Å². The van der Waals surface area contributed by atoms with Crippen molar-refractivity contribution >= 4 is 48.2 Å². The Morgan fingerprint density at radius 2 is 1.38 bits per heavy atom. The molecule has 14 heteroatoms. The molecular weight excluding hydrogens is 597 g/mol. The summed E-state index contributed by atoms with van der Waals surface area (Å²) in [6, 6.07) is -0.288. The Balaban J connectivity index is 0.000000169. The first-order chi connectivity index (χ1) is 19.2. The molecule has 4 aliphatic heterocycles. The van der Waals surface area contributed by atoms with Gasteiger partial charge >= 0.3 is 24.8 Å². The zero-order chi connectivity index (χ0) is 29.0. The van der Waals surface area contributed by atoms with Gasteiger partial charge in [0.15, 0.2) is 0 Å². The summed E-state index contributed by atoms with van der Waals surface area (Å²) < 4.78 is 18.6. The summed E-state index contributed by atoms with van der Waals surface area (Å²) in [6.07, 6.45) is 5.91. The molecule has 2 unspecified atom stereocenters. The number of aromatic nitrogens is 4. The number of carbonyl (C=O) groups excluding carboxylic acids is 2. The number of ether oxygens (including phenoxy) is 2. The number of hydrogen-bond donors (Lipinski definition) is 1. The van der Waals surface area contributed by atoms with Crippen LogP contribution in [0.4, 0.5) is 0 Å². The minimum atomic E-state index is -0.162. The molecule has 6 heterocycles. The van der Waals surface area contributed by atoms with E-state index in [0.717, 1.165) is 79.8 Å². The molecule has 2 aromatic heterocycles. The van der Waals surface area contributed by atoms with E-state index in [-0.39, 0.29) is 23.9 Å². The molecular formula is C26H38BBrN7O4S. The molecule has 0 aromatic carbocycles. The molecule has 2 aromatic rings. The minimum absolute atomic E-state index is 0.126. The van der Waals surface area contributed by atoms with Crippen molar-refractivity contribution in [3.63, 3.8) is 0 Å². The van der Waals surface area contributed by atoms with Crippen LogP contribution in [-0.2, 0) is 32.2 Å². The normalized spacial score (nSPS) is 23.4. The van der Waals surface area contributed by atoms with Crippen LogP contribution in [0.25, 0.3) is 0 Å². The average Bonchev–Trinajstić information content (AvgIpc) is 3.53. The van der Waals surface area contributed by atoms with Crippen LogP contribution >= 0.6 is 28.7 Å². The first kappa shape index (κ1) is 30.9. The number of imidazole rings is 2. The molecule has 0 saturated carbocycles. The van der Waals surface area contributed by atoms with Crippen molar-refractivity contribution in [3.05, 3.63) is 33.8 Å². The van der Waals surface area contributed by atoms with Crippen LogP contribution in [0.5, 0.6) is 0 Å². The Morgan fingerprint density at radius 3 is 1.93 bits per heavy atom. The molecule has 11 nitrogen and oxygen atoms in total. The van der Waals surface area contributed by atoms with Gasteiger partial charge in [0, 0.05) is 52.4 Å². The standard InChI is InChI=1S/C13H18BrN3O2.C13H19N3O2.BHNS/c1-8-13(18)16(2)7-10-11(14)15-12(17(8)10)9-3-5-19-6-4-9;1-9-13(17)15(2)8-11-7-14-12(16(9)11)10-3-5-18-6-4-10;1-2-3/h8-9H,3-7H2,1-2H3;7,9-10H,3-6,8H2,1-2H3;3H. The van der Waals surface area contributed by atoms with Gasteiger partial charge in [-0.3, -0.25) is 9.59 Å². The second-order valence-corrected chi connectivity index (χ2v) is 11.7. The van der Waals surface area contributed by atoms with Crippen LogP contribution in [0, 0.1) is 0 Å². The Bertz CT molecular complexity index is 1210. The van der Waals surface area contributed by atoms with E-state index in [9.17, 15) is 9.59 Å². The molecule has 0 bridgehead atoms. The van der Waals surface area contributed by atoms with Crippen LogP contribution in [0.2, 0.25) is 0 Å². The molecule has 2 atom stereocenters. The number of carbonyl (C=O) groups is 2. The third-order valence-corrected chi connectivity index (χ3v) is 8.73. The van der Waals surface area contributed by atoms with Crippen molar-refractivity contribution in [3.8, 4) is 0 Å². The molecule has 40 heavy (non-hydrogen) atoms. The number of amides is 2. The quantitative estimate of drug-likeness (QED) is 0.400. The summed E-state index contributed by atoms with van der Waals surface area (Å²) in [7, 11) is 8.03. The number of fused-ring (bicyclic) bond motifs is 2. The van der Waals surface area contributed by atoms with Crippen molar-refractivity contribution < 1.29 is 19.1 Å². The number of rotatable bonds is 2. The third-order valence-electron chi connectivity index (χ3n) is 8.09. The van der Waals surface area contributed by atoms with E-state index in [0.29, 0.717) is 24.9 Å². The Morgan fingerprint density at radius 1 is 0.900 bits per heavy atom. The first-order valence-corrected chi connectivity index (χ1v) is 14.9. The van der Waals surface area contributed by atoms with Gasteiger partial charge in [-0.05, 0) is 55.5 Å². The topological polar surface area (TPSA) is 107 Å². The second-order valence-electron chi connectivity index (χ2n) is 10.7. The number of halogens is 1. The monoisotopic (exact) mass is 634 g/mol. The molecule has 2 amide bonds. The summed E-state index contributed by atoms with van der Waals surface area (Å²) >= 11 is 6.73. The summed E-state index contributed by atoms with van der Waals surface area (Å²) in [6.45, 7) is 8.38. The molecule has 2 fully saturated rings. The molecule has 6 rings (SSSR count). The van der Waals surface area contributed by atoms with E-state index < -0.39 is 0 Å².